The topological polar surface area (TPSA) is 21.3 Å². The smallest absolute Gasteiger partial charge is 0.140 e. The van der Waals surface area contributed by atoms with Gasteiger partial charge in [0.25, 0.3) is 0 Å². The number of rotatable bonds is 7. The molecule has 1 saturated carbocycles. The number of halogens is 2. The van der Waals surface area contributed by atoms with Crippen LogP contribution in [0.4, 0.5) is 0 Å². The molecule has 0 bridgehead atoms. The van der Waals surface area contributed by atoms with Gasteiger partial charge in [-0.1, -0.05) is 27.5 Å². The molecule has 2 nitrogen and oxygen atoms in total. The molecule has 100 valence electrons. The lowest BCUT2D eigenvalue weighted by Gasteiger charge is -2.11. The average molecular weight is 333 g/mol. The first-order valence-corrected chi connectivity index (χ1v) is 7.66. The highest BCUT2D eigenvalue weighted by molar-refractivity contribution is 9.10. The molecule has 0 heterocycles. The molecule has 0 radical (unpaired) electrons. The van der Waals surface area contributed by atoms with Crippen LogP contribution in [-0.2, 0) is 0 Å². The van der Waals surface area contributed by atoms with Gasteiger partial charge in [0.2, 0.25) is 0 Å². The quantitative estimate of drug-likeness (QED) is 0.751. The lowest BCUT2D eigenvalue weighted by molar-refractivity contribution is 0.304. The zero-order valence-electron chi connectivity index (χ0n) is 10.6. The third-order valence-electron chi connectivity index (χ3n) is 3.02. The molecule has 0 unspecified atom stereocenters. The number of aryl methyl sites for hydroxylation is 1. The van der Waals surface area contributed by atoms with E-state index >= 15 is 0 Å². The second-order valence-electron chi connectivity index (χ2n) is 4.82. The highest BCUT2D eigenvalue weighted by atomic mass is 79.9. The fourth-order valence-corrected chi connectivity index (χ4v) is 2.89. The number of unbranched alkanes of at least 4 members (excludes halogenated alkanes) is 1. The Morgan fingerprint density at radius 3 is 2.83 bits per heavy atom. The van der Waals surface area contributed by atoms with E-state index in [0.29, 0.717) is 5.02 Å². The van der Waals surface area contributed by atoms with E-state index in [9.17, 15) is 0 Å². The van der Waals surface area contributed by atoms with E-state index in [0.717, 1.165) is 47.8 Å². The first kappa shape index (κ1) is 14.2. The van der Waals surface area contributed by atoms with Crippen molar-refractivity contribution in [2.75, 3.05) is 13.2 Å². The summed E-state index contributed by atoms with van der Waals surface area (Å²) in [7, 11) is 0. The van der Waals surface area contributed by atoms with Gasteiger partial charge in [-0.15, -0.1) is 0 Å². The summed E-state index contributed by atoms with van der Waals surface area (Å²) in [5.74, 6) is 0.815. The molecule has 2 rings (SSSR count). The van der Waals surface area contributed by atoms with E-state index < -0.39 is 0 Å². The van der Waals surface area contributed by atoms with E-state index in [1.807, 2.05) is 19.1 Å². The zero-order valence-corrected chi connectivity index (χ0v) is 13.0. The number of benzene rings is 1. The van der Waals surface area contributed by atoms with Crippen molar-refractivity contribution in [2.45, 2.75) is 38.6 Å². The predicted octanol–water partition coefficient (Wildman–Crippen LogP) is 4.32. The molecular weight excluding hydrogens is 314 g/mol. The Hall–Kier alpha value is -0.250. The van der Waals surface area contributed by atoms with Crippen molar-refractivity contribution >= 4 is 27.5 Å². The van der Waals surface area contributed by atoms with Crippen molar-refractivity contribution in [3.8, 4) is 5.75 Å². The Bertz CT molecular complexity index is 384. The number of ether oxygens (including phenoxy) is 1. The van der Waals surface area contributed by atoms with E-state index in [-0.39, 0.29) is 0 Å². The largest absolute Gasteiger partial charge is 0.492 e. The highest BCUT2D eigenvalue weighted by Crippen LogP contribution is 2.32. The maximum Gasteiger partial charge on any atom is 0.140 e. The van der Waals surface area contributed by atoms with Crippen LogP contribution in [0.5, 0.6) is 5.75 Å². The van der Waals surface area contributed by atoms with Gasteiger partial charge < -0.3 is 10.1 Å². The summed E-state index contributed by atoms with van der Waals surface area (Å²) in [6.07, 6.45) is 4.92. The van der Waals surface area contributed by atoms with E-state index in [4.69, 9.17) is 16.3 Å². The summed E-state index contributed by atoms with van der Waals surface area (Å²) in [5.41, 5.74) is 1.07. The molecule has 1 aliphatic rings. The maximum absolute atomic E-state index is 6.16. The minimum Gasteiger partial charge on any atom is -0.492 e. The van der Waals surface area contributed by atoms with Gasteiger partial charge in [0, 0.05) is 10.5 Å². The van der Waals surface area contributed by atoms with Crippen LogP contribution >= 0.6 is 27.5 Å². The first-order chi connectivity index (χ1) is 8.66. The molecule has 4 heteroatoms. The van der Waals surface area contributed by atoms with Crippen LogP contribution < -0.4 is 10.1 Å². The Labute approximate surface area is 122 Å². The Kier molecular flexibility index (Phi) is 5.34. The minimum atomic E-state index is 0.679. The van der Waals surface area contributed by atoms with Crippen molar-refractivity contribution in [3.63, 3.8) is 0 Å². The van der Waals surface area contributed by atoms with Crippen LogP contribution in [0.15, 0.2) is 16.6 Å². The minimum absolute atomic E-state index is 0.679. The van der Waals surface area contributed by atoms with Crippen molar-refractivity contribution in [1.29, 1.82) is 0 Å². The maximum atomic E-state index is 6.16. The normalized spacial score (nSPS) is 14.8. The SMILES string of the molecule is Cc1cc(Br)cc(Cl)c1OCCCCNC1CC1. The van der Waals surface area contributed by atoms with Crippen molar-refractivity contribution < 1.29 is 4.74 Å². The number of hydrogen-bond acceptors (Lipinski definition) is 2. The molecule has 0 spiro atoms. The second kappa shape index (κ2) is 6.78. The van der Waals surface area contributed by atoms with Crippen LogP contribution in [-0.4, -0.2) is 19.2 Å². The van der Waals surface area contributed by atoms with Gasteiger partial charge in [-0.3, -0.25) is 0 Å². The molecule has 18 heavy (non-hydrogen) atoms. The highest BCUT2D eigenvalue weighted by Gasteiger charge is 2.19. The van der Waals surface area contributed by atoms with Gasteiger partial charge in [-0.05, 0) is 56.8 Å². The average Bonchev–Trinajstić information content (AvgIpc) is 3.09. The third-order valence-corrected chi connectivity index (χ3v) is 3.76. The summed E-state index contributed by atoms with van der Waals surface area (Å²) >= 11 is 9.58. The molecular formula is C14H19BrClNO. The van der Waals surface area contributed by atoms with Gasteiger partial charge in [0.1, 0.15) is 5.75 Å². The molecule has 1 aromatic rings. The van der Waals surface area contributed by atoms with Crippen LogP contribution in [0.25, 0.3) is 0 Å². The number of hydrogen-bond donors (Lipinski definition) is 1. The van der Waals surface area contributed by atoms with Gasteiger partial charge in [-0.2, -0.15) is 0 Å². The van der Waals surface area contributed by atoms with E-state index in [1.165, 1.54) is 12.8 Å². The van der Waals surface area contributed by atoms with E-state index in [1.54, 1.807) is 0 Å². The second-order valence-corrected chi connectivity index (χ2v) is 6.14. The summed E-state index contributed by atoms with van der Waals surface area (Å²) in [6, 6.07) is 4.70. The van der Waals surface area contributed by atoms with Crippen molar-refractivity contribution in [1.82, 2.24) is 5.32 Å². The van der Waals surface area contributed by atoms with E-state index in [2.05, 4.69) is 21.2 Å². The first-order valence-electron chi connectivity index (χ1n) is 6.48. The lowest BCUT2D eigenvalue weighted by atomic mass is 10.2. The van der Waals surface area contributed by atoms with Gasteiger partial charge >= 0.3 is 0 Å². The Balaban J connectivity index is 1.68. The molecule has 1 N–H and O–H groups in total. The standard InChI is InChI=1S/C14H19BrClNO/c1-10-8-11(15)9-13(16)14(10)18-7-3-2-6-17-12-4-5-12/h8-9,12,17H,2-7H2,1H3. The van der Waals surface area contributed by atoms with Gasteiger partial charge in [-0.25, -0.2) is 0 Å². The molecule has 0 amide bonds. The molecule has 1 aromatic carbocycles. The predicted molar refractivity (Wildman–Crippen MR) is 79.6 cm³/mol. The van der Waals surface area contributed by atoms with Crippen LogP contribution in [0.3, 0.4) is 0 Å². The molecule has 0 aliphatic heterocycles. The number of nitrogens with one attached hydrogen (secondary N) is 1. The molecule has 1 fully saturated rings. The summed E-state index contributed by atoms with van der Waals surface area (Å²) in [4.78, 5) is 0. The van der Waals surface area contributed by atoms with Gasteiger partial charge in [0.15, 0.2) is 0 Å². The fraction of sp³-hybridized carbons (Fsp3) is 0.571. The van der Waals surface area contributed by atoms with Crippen molar-refractivity contribution in [3.05, 3.63) is 27.2 Å². The fourth-order valence-electron chi connectivity index (χ4n) is 1.87. The lowest BCUT2D eigenvalue weighted by Crippen LogP contribution is -2.18. The summed E-state index contributed by atoms with van der Waals surface area (Å²) in [5, 5.41) is 4.18. The molecule has 0 saturated heterocycles. The molecule has 0 atom stereocenters. The van der Waals surface area contributed by atoms with Gasteiger partial charge in [0.05, 0.1) is 11.6 Å². The summed E-state index contributed by atoms with van der Waals surface area (Å²) < 4.78 is 6.76. The Morgan fingerprint density at radius 1 is 1.39 bits per heavy atom. The summed E-state index contributed by atoms with van der Waals surface area (Å²) in [6.45, 7) is 3.84. The van der Waals surface area contributed by atoms with Crippen LogP contribution in [0.2, 0.25) is 5.02 Å². The molecule has 0 aromatic heterocycles. The third kappa shape index (κ3) is 4.45. The Morgan fingerprint density at radius 2 is 2.17 bits per heavy atom. The zero-order chi connectivity index (χ0) is 13.0. The van der Waals surface area contributed by atoms with Crippen LogP contribution in [0.1, 0.15) is 31.2 Å². The monoisotopic (exact) mass is 331 g/mol. The van der Waals surface area contributed by atoms with Crippen LogP contribution in [0, 0.1) is 6.92 Å². The molecule has 1 aliphatic carbocycles. The van der Waals surface area contributed by atoms with Crippen molar-refractivity contribution in [2.24, 2.45) is 0 Å².